The predicted octanol–water partition coefficient (Wildman–Crippen LogP) is 0.568. The molecule has 2 N–H and O–H groups in total. The number of aromatic nitrogens is 2. The van der Waals surface area contributed by atoms with Crippen LogP contribution >= 0.6 is 15.9 Å². The molecule has 2 rings (SSSR count). The Morgan fingerprint density at radius 2 is 2.38 bits per heavy atom. The van der Waals surface area contributed by atoms with Crippen LogP contribution in [0, 0.1) is 0 Å². The number of nitrogens with zero attached hydrogens (tertiary/aromatic N) is 3. The Hall–Kier alpha value is -1.37. The van der Waals surface area contributed by atoms with E-state index in [0.717, 1.165) is 0 Å². The third-order valence-electron chi connectivity index (χ3n) is 2.27. The van der Waals surface area contributed by atoms with Crippen molar-refractivity contribution in [2.24, 2.45) is 0 Å². The summed E-state index contributed by atoms with van der Waals surface area (Å²) in [6.07, 6.45) is 0.465. The first-order valence-electron chi connectivity index (χ1n) is 4.73. The van der Waals surface area contributed by atoms with Crippen molar-refractivity contribution < 1.29 is 9.53 Å². The van der Waals surface area contributed by atoms with Gasteiger partial charge in [-0.15, -0.1) is 0 Å². The zero-order valence-corrected chi connectivity index (χ0v) is 10.3. The van der Waals surface area contributed by atoms with Gasteiger partial charge in [0.15, 0.2) is 0 Å². The Balaban J connectivity index is 2.33. The SMILES string of the molecule is COc1cc(N2CC(Br)CC2=O)nc(N)n1. The van der Waals surface area contributed by atoms with Gasteiger partial charge in [0.05, 0.1) is 7.11 Å². The lowest BCUT2D eigenvalue weighted by Gasteiger charge is -2.15. The lowest BCUT2D eigenvalue weighted by molar-refractivity contribution is -0.117. The number of alkyl halides is 1. The summed E-state index contributed by atoms with van der Waals surface area (Å²) >= 11 is 3.40. The molecule has 1 aromatic rings. The standard InChI is InChI=1S/C9H11BrN4O2/c1-16-7-3-6(12-9(11)13-7)14-4-5(10)2-8(14)15/h3,5H,2,4H2,1H3,(H2,11,12,13). The minimum absolute atomic E-state index is 0.0158. The molecule has 0 bridgehead atoms. The molecule has 1 unspecified atom stereocenters. The average molecular weight is 287 g/mol. The third-order valence-corrected chi connectivity index (χ3v) is 2.88. The van der Waals surface area contributed by atoms with Crippen LogP contribution in [-0.2, 0) is 4.79 Å². The average Bonchev–Trinajstić information content (AvgIpc) is 2.57. The van der Waals surface area contributed by atoms with Crippen LogP contribution in [-0.4, -0.2) is 34.4 Å². The molecule has 7 heteroatoms. The lowest BCUT2D eigenvalue weighted by atomic mass is 10.4. The largest absolute Gasteiger partial charge is 0.481 e. The van der Waals surface area contributed by atoms with E-state index in [1.54, 1.807) is 11.0 Å². The van der Waals surface area contributed by atoms with Crippen molar-refractivity contribution in [3.05, 3.63) is 6.07 Å². The molecule has 2 heterocycles. The maximum Gasteiger partial charge on any atom is 0.229 e. The topological polar surface area (TPSA) is 81.3 Å². The van der Waals surface area contributed by atoms with Crippen LogP contribution in [0.3, 0.4) is 0 Å². The van der Waals surface area contributed by atoms with Crippen LogP contribution in [0.25, 0.3) is 0 Å². The van der Waals surface area contributed by atoms with E-state index in [9.17, 15) is 4.79 Å². The minimum atomic E-state index is 0.0158. The van der Waals surface area contributed by atoms with Gasteiger partial charge in [-0.3, -0.25) is 9.69 Å². The number of amides is 1. The van der Waals surface area contributed by atoms with Gasteiger partial charge in [0.2, 0.25) is 17.7 Å². The van der Waals surface area contributed by atoms with E-state index < -0.39 is 0 Å². The van der Waals surface area contributed by atoms with E-state index in [1.807, 2.05) is 0 Å². The van der Waals surface area contributed by atoms with Crippen LogP contribution in [0.4, 0.5) is 11.8 Å². The highest BCUT2D eigenvalue weighted by Gasteiger charge is 2.30. The molecule has 1 atom stereocenters. The van der Waals surface area contributed by atoms with Gasteiger partial charge in [-0.05, 0) is 0 Å². The van der Waals surface area contributed by atoms with Crippen LogP contribution in [0.5, 0.6) is 5.88 Å². The van der Waals surface area contributed by atoms with E-state index in [1.165, 1.54) is 7.11 Å². The molecule has 16 heavy (non-hydrogen) atoms. The normalized spacial score (nSPS) is 20.2. The van der Waals surface area contributed by atoms with Gasteiger partial charge < -0.3 is 10.5 Å². The number of hydrogen-bond donors (Lipinski definition) is 1. The first-order valence-corrected chi connectivity index (χ1v) is 5.64. The van der Waals surface area contributed by atoms with Crippen molar-refractivity contribution in [1.29, 1.82) is 0 Å². The van der Waals surface area contributed by atoms with E-state index in [-0.39, 0.29) is 16.7 Å². The molecular formula is C9H11BrN4O2. The van der Waals surface area contributed by atoms with Crippen molar-refractivity contribution >= 4 is 33.6 Å². The molecule has 1 saturated heterocycles. The van der Waals surface area contributed by atoms with Crippen molar-refractivity contribution in [1.82, 2.24) is 9.97 Å². The van der Waals surface area contributed by atoms with Crippen LogP contribution in [0.2, 0.25) is 0 Å². The predicted molar refractivity (Wildman–Crippen MR) is 62.7 cm³/mol. The highest BCUT2D eigenvalue weighted by molar-refractivity contribution is 9.09. The van der Waals surface area contributed by atoms with Gasteiger partial charge in [-0.1, -0.05) is 15.9 Å². The van der Waals surface area contributed by atoms with Crippen molar-refractivity contribution in [2.75, 3.05) is 24.3 Å². The second kappa shape index (κ2) is 4.25. The van der Waals surface area contributed by atoms with Gasteiger partial charge in [0.25, 0.3) is 0 Å². The molecule has 1 fully saturated rings. The number of halogens is 1. The maximum atomic E-state index is 11.6. The summed E-state index contributed by atoms with van der Waals surface area (Å²) < 4.78 is 4.98. The molecule has 1 amide bonds. The van der Waals surface area contributed by atoms with E-state index in [4.69, 9.17) is 10.5 Å². The highest BCUT2D eigenvalue weighted by atomic mass is 79.9. The van der Waals surface area contributed by atoms with Crippen molar-refractivity contribution in [3.8, 4) is 5.88 Å². The molecule has 1 aliphatic rings. The molecule has 6 nitrogen and oxygen atoms in total. The molecule has 0 saturated carbocycles. The quantitative estimate of drug-likeness (QED) is 0.804. The van der Waals surface area contributed by atoms with Crippen LogP contribution < -0.4 is 15.4 Å². The Morgan fingerprint density at radius 3 is 2.94 bits per heavy atom. The number of rotatable bonds is 2. The number of hydrogen-bond acceptors (Lipinski definition) is 5. The number of carbonyl (C=O) groups excluding carboxylic acids is 1. The van der Waals surface area contributed by atoms with Crippen LogP contribution in [0.15, 0.2) is 6.07 Å². The smallest absolute Gasteiger partial charge is 0.229 e. The Bertz CT molecular complexity index is 426. The fourth-order valence-corrected chi connectivity index (χ4v) is 2.13. The van der Waals surface area contributed by atoms with Crippen molar-refractivity contribution in [2.45, 2.75) is 11.2 Å². The number of ether oxygens (including phenoxy) is 1. The van der Waals surface area contributed by atoms with E-state index in [0.29, 0.717) is 24.7 Å². The fourth-order valence-electron chi connectivity index (χ4n) is 1.56. The molecule has 1 aromatic heterocycles. The minimum Gasteiger partial charge on any atom is -0.481 e. The van der Waals surface area contributed by atoms with E-state index in [2.05, 4.69) is 25.9 Å². The molecular weight excluding hydrogens is 276 g/mol. The number of carbonyl (C=O) groups is 1. The highest BCUT2D eigenvalue weighted by Crippen LogP contribution is 2.26. The Labute approximate surface area is 101 Å². The van der Waals surface area contributed by atoms with Crippen LogP contribution in [0.1, 0.15) is 6.42 Å². The van der Waals surface area contributed by atoms with Crippen molar-refractivity contribution in [3.63, 3.8) is 0 Å². The summed E-state index contributed by atoms with van der Waals surface area (Å²) in [4.78, 5) is 21.3. The zero-order chi connectivity index (χ0) is 11.7. The second-order valence-electron chi connectivity index (χ2n) is 3.43. The maximum absolute atomic E-state index is 11.6. The lowest BCUT2D eigenvalue weighted by Crippen LogP contribution is -2.26. The monoisotopic (exact) mass is 286 g/mol. The van der Waals surface area contributed by atoms with Gasteiger partial charge >= 0.3 is 0 Å². The third kappa shape index (κ3) is 2.08. The van der Waals surface area contributed by atoms with Gasteiger partial charge in [-0.2, -0.15) is 9.97 Å². The Morgan fingerprint density at radius 1 is 1.62 bits per heavy atom. The fraction of sp³-hybridized carbons (Fsp3) is 0.444. The Kier molecular flexibility index (Phi) is 2.95. The van der Waals surface area contributed by atoms with Gasteiger partial charge in [0.1, 0.15) is 5.82 Å². The first-order chi connectivity index (χ1) is 7.60. The summed E-state index contributed by atoms with van der Waals surface area (Å²) in [7, 11) is 1.49. The summed E-state index contributed by atoms with van der Waals surface area (Å²) in [6.45, 7) is 0.582. The zero-order valence-electron chi connectivity index (χ0n) is 8.68. The van der Waals surface area contributed by atoms with Gasteiger partial charge in [-0.25, -0.2) is 0 Å². The summed E-state index contributed by atoms with van der Waals surface area (Å²) in [6, 6.07) is 1.60. The molecule has 0 aliphatic carbocycles. The molecule has 86 valence electrons. The summed E-state index contributed by atoms with van der Waals surface area (Å²) in [5, 5.41) is 0. The second-order valence-corrected chi connectivity index (χ2v) is 4.73. The number of methoxy groups -OCH3 is 1. The molecule has 1 aliphatic heterocycles. The first kappa shape index (κ1) is 11.1. The number of anilines is 2. The molecule has 0 aromatic carbocycles. The van der Waals surface area contributed by atoms with E-state index >= 15 is 0 Å². The molecule has 0 spiro atoms. The molecule has 0 radical (unpaired) electrons. The number of nitrogens with two attached hydrogens (primary N) is 1. The summed E-state index contributed by atoms with van der Waals surface area (Å²) in [5.41, 5.74) is 5.53. The van der Waals surface area contributed by atoms with Gasteiger partial charge in [0, 0.05) is 23.9 Å². The number of nitrogen functional groups attached to an aromatic ring is 1. The summed E-state index contributed by atoms with van der Waals surface area (Å²) in [5.74, 6) is 0.951.